The van der Waals surface area contributed by atoms with Crippen molar-refractivity contribution in [2.24, 2.45) is 0 Å². The van der Waals surface area contributed by atoms with Crippen molar-refractivity contribution in [2.45, 2.75) is 13.5 Å². The Morgan fingerprint density at radius 1 is 1.15 bits per heavy atom. The first-order valence-corrected chi connectivity index (χ1v) is 8.57. The average molecular weight is 377 g/mol. The van der Waals surface area contributed by atoms with E-state index in [0.717, 1.165) is 44.1 Å². The van der Waals surface area contributed by atoms with Crippen molar-refractivity contribution >= 4 is 24.0 Å². The van der Waals surface area contributed by atoms with Crippen molar-refractivity contribution in [1.82, 2.24) is 4.90 Å². The van der Waals surface area contributed by atoms with Crippen LogP contribution in [0.15, 0.2) is 48.5 Å². The molecule has 1 fully saturated rings. The molecule has 0 aliphatic carbocycles. The van der Waals surface area contributed by atoms with E-state index in [9.17, 15) is 4.79 Å². The van der Waals surface area contributed by atoms with E-state index in [-0.39, 0.29) is 24.9 Å². The van der Waals surface area contributed by atoms with Gasteiger partial charge < -0.3 is 14.8 Å². The maximum absolute atomic E-state index is 12.0. The summed E-state index contributed by atoms with van der Waals surface area (Å²) < 4.78 is 10.9. The lowest BCUT2D eigenvalue weighted by Crippen LogP contribution is -2.35. The quantitative estimate of drug-likeness (QED) is 0.840. The second-order valence-electron chi connectivity index (χ2n) is 6.24. The van der Waals surface area contributed by atoms with Crippen LogP contribution in [-0.2, 0) is 16.1 Å². The highest BCUT2D eigenvalue weighted by Crippen LogP contribution is 2.14. The van der Waals surface area contributed by atoms with E-state index in [1.54, 1.807) is 0 Å². The van der Waals surface area contributed by atoms with Gasteiger partial charge in [-0.25, -0.2) is 0 Å². The van der Waals surface area contributed by atoms with E-state index in [0.29, 0.717) is 5.75 Å². The summed E-state index contributed by atoms with van der Waals surface area (Å²) in [5.41, 5.74) is 3.12. The molecule has 0 saturated carbocycles. The van der Waals surface area contributed by atoms with Crippen LogP contribution in [0, 0.1) is 6.92 Å². The smallest absolute Gasteiger partial charge is 0.262 e. The Morgan fingerprint density at radius 3 is 2.58 bits per heavy atom. The molecule has 5 nitrogen and oxygen atoms in total. The molecular weight excluding hydrogens is 352 g/mol. The van der Waals surface area contributed by atoms with Crippen LogP contribution in [0.3, 0.4) is 0 Å². The topological polar surface area (TPSA) is 50.8 Å². The third-order valence-electron chi connectivity index (χ3n) is 4.11. The van der Waals surface area contributed by atoms with Crippen molar-refractivity contribution in [3.63, 3.8) is 0 Å². The number of aryl methyl sites for hydroxylation is 1. The second-order valence-corrected chi connectivity index (χ2v) is 6.24. The molecule has 1 saturated heterocycles. The van der Waals surface area contributed by atoms with Crippen molar-refractivity contribution in [2.75, 3.05) is 38.2 Å². The predicted octanol–water partition coefficient (Wildman–Crippen LogP) is 3.27. The van der Waals surface area contributed by atoms with E-state index in [1.165, 1.54) is 5.56 Å². The lowest BCUT2D eigenvalue weighted by molar-refractivity contribution is -0.118. The molecule has 1 heterocycles. The minimum Gasteiger partial charge on any atom is -0.484 e. The van der Waals surface area contributed by atoms with Gasteiger partial charge in [0.1, 0.15) is 5.75 Å². The van der Waals surface area contributed by atoms with E-state index < -0.39 is 0 Å². The monoisotopic (exact) mass is 376 g/mol. The normalized spacial score (nSPS) is 14.3. The number of amides is 1. The fourth-order valence-corrected chi connectivity index (χ4v) is 2.76. The summed E-state index contributed by atoms with van der Waals surface area (Å²) in [5, 5.41) is 2.86. The minimum absolute atomic E-state index is 0. The number of halogens is 1. The molecule has 140 valence electrons. The van der Waals surface area contributed by atoms with E-state index in [4.69, 9.17) is 9.47 Å². The summed E-state index contributed by atoms with van der Waals surface area (Å²) >= 11 is 0. The average Bonchev–Trinajstić information content (AvgIpc) is 2.63. The number of nitrogens with zero attached hydrogens (tertiary/aromatic N) is 1. The van der Waals surface area contributed by atoms with Crippen molar-refractivity contribution in [1.29, 1.82) is 0 Å². The molecule has 0 atom stereocenters. The molecule has 0 aromatic heterocycles. The third-order valence-corrected chi connectivity index (χ3v) is 4.11. The fraction of sp³-hybridized carbons (Fsp3) is 0.350. The number of hydrogen-bond acceptors (Lipinski definition) is 4. The van der Waals surface area contributed by atoms with Crippen LogP contribution in [0.25, 0.3) is 0 Å². The molecule has 0 spiro atoms. The van der Waals surface area contributed by atoms with Crippen LogP contribution in [0.4, 0.5) is 5.69 Å². The Balaban J connectivity index is 0.00000243. The third kappa shape index (κ3) is 6.33. The number of rotatable bonds is 6. The molecule has 26 heavy (non-hydrogen) atoms. The van der Waals surface area contributed by atoms with Gasteiger partial charge in [-0.05, 0) is 42.3 Å². The van der Waals surface area contributed by atoms with Crippen molar-refractivity contribution in [3.8, 4) is 5.75 Å². The minimum atomic E-state index is -0.164. The Hall–Kier alpha value is -2.08. The van der Waals surface area contributed by atoms with Gasteiger partial charge in [-0.2, -0.15) is 0 Å². The molecule has 2 aromatic carbocycles. The molecular formula is C20H25ClN2O3. The maximum atomic E-state index is 12.0. The molecule has 3 rings (SSSR count). The van der Waals surface area contributed by atoms with Crippen LogP contribution in [0.5, 0.6) is 5.75 Å². The highest BCUT2D eigenvalue weighted by molar-refractivity contribution is 5.91. The molecule has 1 aliphatic heterocycles. The zero-order valence-corrected chi connectivity index (χ0v) is 15.8. The standard InChI is InChI=1S/C20H24N2O3.ClH/c1-16-3-2-4-19(13-16)25-15-20(23)21-18-7-5-17(6-8-18)14-22-9-11-24-12-10-22;/h2-8,13H,9-12,14-15H2,1H3,(H,21,23);1H. The number of benzene rings is 2. The van der Waals surface area contributed by atoms with Gasteiger partial charge in [-0.15, -0.1) is 12.4 Å². The summed E-state index contributed by atoms with van der Waals surface area (Å²) in [6.45, 7) is 6.44. The zero-order chi connectivity index (χ0) is 17.5. The first-order chi connectivity index (χ1) is 12.2. The van der Waals surface area contributed by atoms with Gasteiger partial charge in [0, 0.05) is 25.3 Å². The number of carbonyl (C=O) groups excluding carboxylic acids is 1. The SMILES string of the molecule is Cc1cccc(OCC(=O)Nc2ccc(CN3CCOCC3)cc2)c1.Cl. The van der Waals surface area contributed by atoms with Gasteiger partial charge in [0.25, 0.3) is 5.91 Å². The lowest BCUT2D eigenvalue weighted by atomic mass is 10.2. The first-order valence-electron chi connectivity index (χ1n) is 8.57. The molecule has 1 N–H and O–H groups in total. The molecule has 0 unspecified atom stereocenters. The number of ether oxygens (including phenoxy) is 2. The Kier molecular flexibility index (Phi) is 7.91. The summed E-state index contributed by atoms with van der Waals surface area (Å²) in [6, 6.07) is 15.6. The predicted molar refractivity (Wildman–Crippen MR) is 105 cm³/mol. The molecule has 1 aliphatic rings. The molecule has 0 radical (unpaired) electrons. The van der Waals surface area contributed by atoms with E-state index >= 15 is 0 Å². The number of anilines is 1. The van der Waals surface area contributed by atoms with Gasteiger partial charge in [-0.1, -0.05) is 24.3 Å². The maximum Gasteiger partial charge on any atom is 0.262 e. The van der Waals surface area contributed by atoms with Gasteiger partial charge in [-0.3, -0.25) is 9.69 Å². The van der Waals surface area contributed by atoms with E-state index in [1.807, 2.05) is 55.5 Å². The number of hydrogen-bond donors (Lipinski definition) is 1. The van der Waals surface area contributed by atoms with Crippen LogP contribution in [0.2, 0.25) is 0 Å². The highest BCUT2D eigenvalue weighted by Gasteiger charge is 2.10. The van der Waals surface area contributed by atoms with Crippen molar-refractivity contribution in [3.05, 3.63) is 59.7 Å². The Morgan fingerprint density at radius 2 is 1.88 bits per heavy atom. The molecule has 1 amide bonds. The van der Waals surface area contributed by atoms with Crippen molar-refractivity contribution < 1.29 is 14.3 Å². The summed E-state index contributed by atoms with van der Waals surface area (Å²) in [5.74, 6) is 0.540. The van der Waals surface area contributed by atoms with E-state index in [2.05, 4.69) is 10.2 Å². The molecule has 2 aromatic rings. The number of nitrogens with one attached hydrogen (secondary N) is 1. The number of morpholine rings is 1. The first kappa shape index (κ1) is 20.2. The lowest BCUT2D eigenvalue weighted by Gasteiger charge is -2.26. The summed E-state index contributed by atoms with van der Waals surface area (Å²) in [7, 11) is 0. The summed E-state index contributed by atoms with van der Waals surface area (Å²) in [6.07, 6.45) is 0. The number of carbonyl (C=O) groups is 1. The highest BCUT2D eigenvalue weighted by atomic mass is 35.5. The Labute approximate surface area is 160 Å². The van der Waals surface area contributed by atoms with Crippen LogP contribution in [0.1, 0.15) is 11.1 Å². The van der Waals surface area contributed by atoms with Gasteiger partial charge >= 0.3 is 0 Å². The van der Waals surface area contributed by atoms with Crippen LogP contribution >= 0.6 is 12.4 Å². The van der Waals surface area contributed by atoms with Gasteiger partial charge in [0.15, 0.2) is 6.61 Å². The molecule has 0 bridgehead atoms. The second kappa shape index (κ2) is 10.2. The van der Waals surface area contributed by atoms with Crippen LogP contribution < -0.4 is 10.1 Å². The Bertz CT molecular complexity index is 700. The fourth-order valence-electron chi connectivity index (χ4n) is 2.76. The van der Waals surface area contributed by atoms with Crippen LogP contribution in [-0.4, -0.2) is 43.7 Å². The zero-order valence-electron chi connectivity index (χ0n) is 14.9. The molecule has 6 heteroatoms. The largest absolute Gasteiger partial charge is 0.484 e. The van der Waals surface area contributed by atoms with Gasteiger partial charge in [0.2, 0.25) is 0 Å². The summed E-state index contributed by atoms with van der Waals surface area (Å²) in [4.78, 5) is 14.4. The van der Waals surface area contributed by atoms with Gasteiger partial charge in [0.05, 0.1) is 13.2 Å².